The molecule has 0 saturated heterocycles. The Morgan fingerprint density at radius 1 is 1.00 bits per heavy atom. The van der Waals surface area contributed by atoms with E-state index in [0.717, 1.165) is 10.1 Å². The van der Waals surface area contributed by atoms with Gasteiger partial charge in [-0.3, -0.25) is 0 Å². The molecule has 4 rings (SSSR count). The largest absolute Gasteiger partial charge is 0.382 e. The normalized spacial score (nSPS) is 11.2. The van der Waals surface area contributed by atoms with Crippen molar-refractivity contribution >= 4 is 39.5 Å². The lowest BCUT2D eigenvalue weighted by Crippen LogP contribution is -1.91. The second-order valence-electron chi connectivity index (χ2n) is 4.58. The minimum atomic E-state index is 0.414. The highest BCUT2D eigenvalue weighted by Crippen LogP contribution is 2.33. The molecule has 0 aliphatic heterocycles. The molecule has 4 aromatic rings. The molecule has 0 aliphatic rings. The van der Waals surface area contributed by atoms with Gasteiger partial charge in [0, 0.05) is 4.90 Å². The Balaban J connectivity index is 1.81. The van der Waals surface area contributed by atoms with Gasteiger partial charge in [-0.1, -0.05) is 48.2 Å². The van der Waals surface area contributed by atoms with Gasteiger partial charge < -0.3 is 10.7 Å². The van der Waals surface area contributed by atoms with Gasteiger partial charge in [0.15, 0.2) is 16.6 Å². The van der Waals surface area contributed by atoms with Gasteiger partial charge in [-0.05, 0) is 16.8 Å². The van der Waals surface area contributed by atoms with E-state index in [1.807, 2.05) is 18.2 Å². The van der Waals surface area contributed by atoms with Gasteiger partial charge in [0.05, 0.1) is 0 Å². The third kappa shape index (κ3) is 2.09. The van der Waals surface area contributed by atoms with Crippen molar-refractivity contribution in [1.29, 1.82) is 0 Å². The van der Waals surface area contributed by atoms with Crippen molar-refractivity contribution in [3.05, 3.63) is 48.8 Å². The van der Waals surface area contributed by atoms with Crippen LogP contribution < -0.4 is 5.73 Å². The lowest BCUT2D eigenvalue weighted by Gasteiger charge is -2.03. The Labute approximate surface area is 124 Å². The third-order valence-corrected chi connectivity index (χ3v) is 4.21. The number of hydrogen-bond donors (Lipinski definition) is 2. The number of rotatable bonds is 2. The van der Waals surface area contributed by atoms with Gasteiger partial charge in [-0.2, -0.15) is 0 Å². The maximum Gasteiger partial charge on any atom is 0.183 e. The maximum absolute atomic E-state index is 5.82. The van der Waals surface area contributed by atoms with E-state index in [2.05, 4.69) is 44.2 Å². The van der Waals surface area contributed by atoms with Crippen molar-refractivity contribution in [3.63, 3.8) is 0 Å². The number of aromatic amines is 1. The summed E-state index contributed by atoms with van der Waals surface area (Å²) in [4.78, 5) is 16.9. The molecule has 0 radical (unpaired) electrons. The first kappa shape index (κ1) is 12.2. The van der Waals surface area contributed by atoms with Gasteiger partial charge in [0.25, 0.3) is 0 Å². The number of hydrogen-bond acceptors (Lipinski definition) is 5. The van der Waals surface area contributed by atoms with Gasteiger partial charge in [-0.15, -0.1) is 0 Å². The van der Waals surface area contributed by atoms with Crippen LogP contribution in [-0.2, 0) is 0 Å². The quantitative estimate of drug-likeness (QED) is 0.593. The topological polar surface area (TPSA) is 80.5 Å². The number of anilines is 1. The molecule has 5 nitrogen and oxygen atoms in total. The average molecular weight is 293 g/mol. The molecule has 21 heavy (non-hydrogen) atoms. The standard InChI is InChI=1S/C15H11N5S/c16-13-12-14(18-8-17-13)20-15(19-12)21-11-7-3-5-9-4-1-2-6-10(9)11/h1-8H,(H3,16,17,18,19,20). The van der Waals surface area contributed by atoms with Crippen LogP contribution in [0.1, 0.15) is 0 Å². The van der Waals surface area contributed by atoms with Gasteiger partial charge in [-0.25, -0.2) is 15.0 Å². The number of nitrogens with two attached hydrogens (primary N) is 1. The molecule has 2 aromatic carbocycles. The molecule has 0 spiro atoms. The predicted octanol–water partition coefficient (Wildman–Crippen LogP) is 3.24. The lowest BCUT2D eigenvalue weighted by atomic mass is 10.1. The average Bonchev–Trinajstić information content (AvgIpc) is 2.92. The zero-order chi connectivity index (χ0) is 14.2. The second kappa shape index (κ2) is 4.75. The molecule has 0 bridgehead atoms. The van der Waals surface area contributed by atoms with E-state index in [1.54, 1.807) is 11.8 Å². The number of benzene rings is 2. The molecule has 2 aromatic heterocycles. The van der Waals surface area contributed by atoms with Crippen LogP contribution in [0.2, 0.25) is 0 Å². The van der Waals surface area contributed by atoms with Crippen molar-refractivity contribution < 1.29 is 0 Å². The molecule has 2 heterocycles. The molecular formula is C15H11N5S. The smallest absolute Gasteiger partial charge is 0.183 e. The van der Waals surface area contributed by atoms with Gasteiger partial charge in [0.1, 0.15) is 11.8 Å². The van der Waals surface area contributed by atoms with Crippen LogP contribution in [-0.4, -0.2) is 19.9 Å². The molecule has 6 heteroatoms. The van der Waals surface area contributed by atoms with Crippen LogP contribution >= 0.6 is 11.8 Å². The summed E-state index contributed by atoms with van der Waals surface area (Å²) in [7, 11) is 0. The summed E-state index contributed by atoms with van der Waals surface area (Å²) in [6.45, 7) is 0. The van der Waals surface area contributed by atoms with Crippen molar-refractivity contribution in [3.8, 4) is 0 Å². The molecular weight excluding hydrogens is 282 g/mol. The van der Waals surface area contributed by atoms with E-state index in [4.69, 9.17) is 5.73 Å². The summed E-state index contributed by atoms with van der Waals surface area (Å²) in [5, 5.41) is 3.16. The molecule has 102 valence electrons. The summed E-state index contributed by atoms with van der Waals surface area (Å²) in [5.74, 6) is 0.414. The van der Waals surface area contributed by atoms with Crippen LogP contribution in [0.3, 0.4) is 0 Å². The maximum atomic E-state index is 5.82. The highest BCUT2D eigenvalue weighted by Gasteiger charge is 2.10. The first-order valence-electron chi connectivity index (χ1n) is 6.43. The fourth-order valence-corrected chi connectivity index (χ4v) is 3.20. The molecule has 0 amide bonds. The summed E-state index contributed by atoms with van der Waals surface area (Å²) in [6, 6.07) is 14.5. The molecule has 0 fully saturated rings. The van der Waals surface area contributed by atoms with Crippen molar-refractivity contribution in [2.24, 2.45) is 0 Å². The van der Waals surface area contributed by atoms with Crippen molar-refractivity contribution in [1.82, 2.24) is 19.9 Å². The zero-order valence-corrected chi connectivity index (χ0v) is 11.8. The van der Waals surface area contributed by atoms with E-state index in [9.17, 15) is 0 Å². The molecule has 3 N–H and O–H groups in total. The minimum absolute atomic E-state index is 0.414. The Morgan fingerprint density at radius 2 is 1.86 bits per heavy atom. The van der Waals surface area contributed by atoms with E-state index in [-0.39, 0.29) is 0 Å². The molecule has 0 unspecified atom stereocenters. The number of H-pyrrole nitrogens is 1. The van der Waals surface area contributed by atoms with Crippen molar-refractivity contribution in [2.75, 3.05) is 5.73 Å². The second-order valence-corrected chi connectivity index (χ2v) is 5.61. The summed E-state index contributed by atoms with van der Waals surface area (Å²) in [5.41, 5.74) is 7.09. The molecule has 0 aliphatic carbocycles. The van der Waals surface area contributed by atoms with Crippen molar-refractivity contribution in [2.45, 2.75) is 10.1 Å². The first-order valence-corrected chi connectivity index (χ1v) is 7.25. The van der Waals surface area contributed by atoms with Crippen LogP contribution in [0.15, 0.2) is 58.8 Å². The molecule has 0 saturated carbocycles. The van der Waals surface area contributed by atoms with E-state index >= 15 is 0 Å². The first-order chi connectivity index (χ1) is 10.3. The number of nitrogens with zero attached hydrogens (tertiary/aromatic N) is 3. The van der Waals surface area contributed by atoms with Gasteiger partial charge in [0.2, 0.25) is 0 Å². The summed E-state index contributed by atoms with van der Waals surface area (Å²) in [6.07, 6.45) is 1.42. The van der Waals surface area contributed by atoms with E-state index in [1.165, 1.54) is 17.1 Å². The Bertz CT molecular complexity index is 942. The highest BCUT2D eigenvalue weighted by molar-refractivity contribution is 7.99. The molecule has 0 atom stereocenters. The highest BCUT2D eigenvalue weighted by atomic mass is 32.2. The SMILES string of the molecule is Nc1ncnc2nc(Sc3cccc4ccccc34)[nH]c12. The van der Waals surface area contributed by atoms with Crippen LogP contribution in [0, 0.1) is 0 Å². The minimum Gasteiger partial charge on any atom is -0.382 e. The summed E-state index contributed by atoms with van der Waals surface area (Å²) >= 11 is 1.56. The summed E-state index contributed by atoms with van der Waals surface area (Å²) < 4.78 is 0. The number of aromatic nitrogens is 4. The van der Waals surface area contributed by atoms with Crippen LogP contribution in [0.5, 0.6) is 0 Å². The number of nitrogens with one attached hydrogen (secondary N) is 1. The van der Waals surface area contributed by atoms with Crippen LogP contribution in [0.4, 0.5) is 5.82 Å². The third-order valence-electron chi connectivity index (χ3n) is 3.25. The van der Waals surface area contributed by atoms with E-state index < -0.39 is 0 Å². The fraction of sp³-hybridized carbons (Fsp3) is 0. The van der Waals surface area contributed by atoms with Gasteiger partial charge >= 0.3 is 0 Å². The zero-order valence-electron chi connectivity index (χ0n) is 10.9. The van der Waals surface area contributed by atoms with E-state index in [0.29, 0.717) is 17.0 Å². The fourth-order valence-electron chi connectivity index (χ4n) is 2.26. The van der Waals surface area contributed by atoms with Crippen LogP contribution in [0.25, 0.3) is 21.9 Å². The lowest BCUT2D eigenvalue weighted by molar-refractivity contribution is 1.07. The number of fused-ring (bicyclic) bond motifs is 2. The number of imidazole rings is 1. The Hall–Kier alpha value is -2.60. The monoisotopic (exact) mass is 293 g/mol. The predicted molar refractivity (Wildman–Crippen MR) is 84.2 cm³/mol. The number of nitrogen functional groups attached to an aromatic ring is 1. The Kier molecular flexibility index (Phi) is 2.75. The Morgan fingerprint density at radius 3 is 2.76 bits per heavy atom.